The molecular formula is C14H12BrFN4S. The van der Waals surface area contributed by atoms with E-state index in [0.717, 1.165) is 10.9 Å². The second-order valence-electron chi connectivity index (χ2n) is 4.75. The first-order valence-electron chi connectivity index (χ1n) is 6.43. The number of halogens is 2. The fraction of sp³-hybridized carbons (Fsp3) is 0.214. The van der Waals surface area contributed by atoms with Crippen LogP contribution >= 0.6 is 28.1 Å². The van der Waals surface area contributed by atoms with Crippen LogP contribution in [0.25, 0.3) is 0 Å². The number of aromatic nitrogens is 2. The van der Waals surface area contributed by atoms with Crippen molar-refractivity contribution < 1.29 is 4.39 Å². The summed E-state index contributed by atoms with van der Waals surface area (Å²) in [5.74, 6) is 0.451. The zero-order valence-corrected chi connectivity index (χ0v) is 13.3. The summed E-state index contributed by atoms with van der Waals surface area (Å²) < 4.78 is 14.5. The van der Waals surface area contributed by atoms with Gasteiger partial charge in [0.05, 0.1) is 10.2 Å². The average molecular weight is 367 g/mol. The van der Waals surface area contributed by atoms with Crippen molar-refractivity contribution >= 4 is 39.1 Å². The third-order valence-corrected chi connectivity index (χ3v) is 4.10. The number of hydrogen-bond donors (Lipinski definition) is 2. The standard InChI is InChI=1S/C14H12BrFN4S/c15-9-3-1-6-18-13(9)20-14(21)19-11-7-8(11)12-10(16)4-2-5-17-12/h1-6,8,11H,7H2,(H2,18,19,20,21). The van der Waals surface area contributed by atoms with Gasteiger partial charge in [0.2, 0.25) is 0 Å². The summed E-state index contributed by atoms with van der Waals surface area (Å²) in [6, 6.07) is 6.83. The second-order valence-corrected chi connectivity index (χ2v) is 6.01. The fourth-order valence-electron chi connectivity index (χ4n) is 2.12. The fourth-order valence-corrected chi connectivity index (χ4v) is 2.72. The monoisotopic (exact) mass is 366 g/mol. The van der Waals surface area contributed by atoms with E-state index in [2.05, 4.69) is 36.5 Å². The lowest BCUT2D eigenvalue weighted by Gasteiger charge is -2.10. The van der Waals surface area contributed by atoms with Gasteiger partial charge < -0.3 is 10.6 Å². The molecule has 0 amide bonds. The number of hydrogen-bond acceptors (Lipinski definition) is 3. The van der Waals surface area contributed by atoms with Crippen molar-refractivity contribution in [2.24, 2.45) is 0 Å². The molecule has 0 spiro atoms. The van der Waals surface area contributed by atoms with Gasteiger partial charge in [-0.25, -0.2) is 9.37 Å². The van der Waals surface area contributed by atoms with E-state index in [4.69, 9.17) is 12.2 Å². The summed E-state index contributed by atoms with van der Waals surface area (Å²) >= 11 is 8.64. The first kappa shape index (κ1) is 14.3. The SMILES string of the molecule is Fc1cccnc1C1CC1NC(=S)Nc1ncccc1Br. The minimum Gasteiger partial charge on any atom is -0.359 e. The molecule has 2 N–H and O–H groups in total. The Kier molecular flexibility index (Phi) is 4.12. The predicted octanol–water partition coefficient (Wildman–Crippen LogP) is 3.22. The molecule has 2 atom stereocenters. The first-order valence-corrected chi connectivity index (χ1v) is 7.63. The highest BCUT2D eigenvalue weighted by molar-refractivity contribution is 9.10. The van der Waals surface area contributed by atoms with Crippen LogP contribution in [0.1, 0.15) is 18.0 Å². The maximum Gasteiger partial charge on any atom is 0.172 e. The van der Waals surface area contributed by atoms with E-state index in [1.807, 2.05) is 12.1 Å². The minimum absolute atomic E-state index is 0.0677. The normalized spacial score (nSPS) is 19.9. The number of pyridine rings is 2. The quantitative estimate of drug-likeness (QED) is 0.816. The van der Waals surface area contributed by atoms with Gasteiger partial charge in [-0.1, -0.05) is 0 Å². The molecule has 0 radical (unpaired) electrons. The molecule has 0 bridgehead atoms. The molecule has 1 aliphatic rings. The van der Waals surface area contributed by atoms with E-state index in [1.54, 1.807) is 18.5 Å². The molecule has 2 heterocycles. The lowest BCUT2D eigenvalue weighted by molar-refractivity contribution is 0.597. The first-order chi connectivity index (χ1) is 10.1. The Hall–Kier alpha value is -1.60. The van der Waals surface area contributed by atoms with Gasteiger partial charge in [-0.2, -0.15) is 0 Å². The highest BCUT2D eigenvalue weighted by Gasteiger charge is 2.41. The molecule has 0 aromatic carbocycles. The van der Waals surface area contributed by atoms with Crippen molar-refractivity contribution in [2.75, 3.05) is 5.32 Å². The zero-order chi connectivity index (χ0) is 14.8. The van der Waals surface area contributed by atoms with E-state index in [1.165, 1.54) is 6.07 Å². The lowest BCUT2D eigenvalue weighted by atomic mass is 10.2. The van der Waals surface area contributed by atoms with Gasteiger partial charge in [-0.15, -0.1) is 0 Å². The van der Waals surface area contributed by atoms with E-state index in [0.29, 0.717) is 16.6 Å². The molecule has 108 valence electrons. The molecule has 7 heteroatoms. The molecule has 2 unspecified atom stereocenters. The molecule has 0 saturated heterocycles. The Labute approximate surface area is 135 Å². The molecule has 4 nitrogen and oxygen atoms in total. The number of nitrogens with zero attached hydrogens (tertiary/aromatic N) is 2. The zero-order valence-electron chi connectivity index (χ0n) is 10.9. The molecular weight excluding hydrogens is 355 g/mol. The van der Waals surface area contributed by atoms with Crippen LogP contribution in [0.2, 0.25) is 0 Å². The van der Waals surface area contributed by atoms with E-state index in [-0.39, 0.29) is 17.8 Å². The van der Waals surface area contributed by atoms with Crippen molar-refractivity contribution in [3.8, 4) is 0 Å². The smallest absolute Gasteiger partial charge is 0.172 e. The molecule has 1 fully saturated rings. The van der Waals surface area contributed by atoms with Crippen LogP contribution in [0.5, 0.6) is 0 Å². The third-order valence-electron chi connectivity index (χ3n) is 3.24. The van der Waals surface area contributed by atoms with Gasteiger partial charge in [0.1, 0.15) is 11.6 Å². The van der Waals surface area contributed by atoms with E-state index >= 15 is 0 Å². The summed E-state index contributed by atoms with van der Waals surface area (Å²) in [7, 11) is 0. The Bertz CT molecular complexity index is 682. The van der Waals surface area contributed by atoms with Crippen molar-refractivity contribution in [1.29, 1.82) is 0 Å². The van der Waals surface area contributed by atoms with Gasteiger partial charge in [0.15, 0.2) is 5.11 Å². The predicted molar refractivity (Wildman–Crippen MR) is 86.6 cm³/mol. The van der Waals surface area contributed by atoms with Crippen molar-refractivity contribution in [3.63, 3.8) is 0 Å². The Balaban J connectivity index is 1.58. The second kappa shape index (κ2) is 6.03. The molecule has 1 saturated carbocycles. The summed E-state index contributed by atoms with van der Waals surface area (Å²) in [5.41, 5.74) is 0.497. The van der Waals surface area contributed by atoms with E-state index in [9.17, 15) is 4.39 Å². The average Bonchev–Trinajstić information content (AvgIpc) is 3.21. The van der Waals surface area contributed by atoms with E-state index < -0.39 is 0 Å². The number of thiocarbonyl (C=S) groups is 1. The summed E-state index contributed by atoms with van der Waals surface area (Å²) in [6.07, 6.45) is 4.10. The highest BCUT2D eigenvalue weighted by atomic mass is 79.9. The topological polar surface area (TPSA) is 49.8 Å². The van der Waals surface area contributed by atoms with Gasteiger partial charge in [0, 0.05) is 24.4 Å². The van der Waals surface area contributed by atoms with Crippen LogP contribution in [0.4, 0.5) is 10.2 Å². The van der Waals surface area contributed by atoms with Crippen LogP contribution in [0.3, 0.4) is 0 Å². The highest BCUT2D eigenvalue weighted by Crippen LogP contribution is 2.40. The van der Waals surface area contributed by atoms with Gasteiger partial charge >= 0.3 is 0 Å². The number of anilines is 1. The van der Waals surface area contributed by atoms with Crippen LogP contribution in [-0.2, 0) is 0 Å². The maximum atomic E-state index is 13.6. The van der Waals surface area contributed by atoms with Crippen LogP contribution in [0.15, 0.2) is 41.1 Å². The molecule has 3 rings (SSSR count). The van der Waals surface area contributed by atoms with Crippen molar-refractivity contribution in [1.82, 2.24) is 15.3 Å². The van der Waals surface area contributed by atoms with Crippen molar-refractivity contribution in [3.05, 3.63) is 52.6 Å². The number of rotatable bonds is 3. The van der Waals surface area contributed by atoms with Gasteiger partial charge in [-0.05, 0) is 58.8 Å². The summed E-state index contributed by atoms with van der Waals surface area (Å²) in [4.78, 5) is 8.28. The van der Waals surface area contributed by atoms with Crippen LogP contribution < -0.4 is 10.6 Å². The summed E-state index contributed by atoms with van der Waals surface area (Å²) in [6.45, 7) is 0. The van der Waals surface area contributed by atoms with Gasteiger partial charge in [-0.3, -0.25) is 4.98 Å². The lowest BCUT2D eigenvalue weighted by Crippen LogP contribution is -2.31. The minimum atomic E-state index is -0.266. The Morgan fingerprint density at radius 3 is 2.81 bits per heavy atom. The third kappa shape index (κ3) is 3.36. The number of nitrogens with one attached hydrogen (secondary N) is 2. The molecule has 2 aromatic heterocycles. The Morgan fingerprint density at radius 1 is 1.29 bits per heavy atom. The largest absolute Gasteiger partial charge is 0.359 e. The van der Waals surface area contributed by atoms with Crippen molar-refractivity contribution in [2.45, 2.75) is 18.4 Å². The molecule has 21 heavy (non-hydrogen) atoms. The van der Waals surface area contributed by atoms with Gasteiger partial charge in [0.25, 0.3) is 0 Å². The molecule has 1 aliphatic carbocycles. The summed E-state index contributed by atoms with van der Waals surface area (Å²) in [5, 5.41) is 6.65. The van der Waals surface area contributed by atoms with Crippen LogP contribution in [0, 0.1) is 5.82 Å². The molecule has 0 aliphatic heterocycles. The Morgan fingerprint density at radius 2 is 2.05 bits per heavy atom. The van der Waals surface area contributed by atoms with Crippen LogP contribution in [-0.4, -0.2) is 21.1 Å². The molecule has 2 aromatic rings. The maximum absolute atomic E-state index is 13.6.